The van der Waals surface area contributed by atoms with Gasteiger partial charge in [-0.05, 0) is 54.3 Å². The fourth-order valence-electron chi connectivity index (χ4n) is 2.86. The molecule has 1 aliphatic rings. The van der Waals surface area contributed by atoms with Gasteiger partial charge in [0, 0.05) is 22.6 Å². The number of fused-ring (bicyclic) bond motifs is 1. The first-order valence-electron chi connectivity index (χ1n) is 8.09. The van der Waals surface area contributed by atoms with Crippen LogP contribution >= 0.6 is 15.9 Å². The number of amides is 1. The normalized spacial score (nSPS) is 15.4. The summed E-state index contributed by atoms with van der Waals surface area (Å²) >= 11 is 3.39. The van der Waals surface area contributed by atoms with Crippen molar-refractivity contribution in [3.63, 3.8) is 0 Å². The van der Waals surface area contributed by atoms with Crippen molar-refractivity contribution >= 4 is 37.5 Å². The van der Waals surface area contributed by atoms with Crippen LogP contribution in [0.4, 0.5) is 5.69 Å². The van der Waals surface area contributed by atoms with Crippen molar-refractivity contribution in [3.05, 3.63) is 58.1 Å². The highest BCUT2D eigenvalue weighted by molar-refractivity contribution is 9.10. The molecule has 1 aliphatic heterocycles. The van der Waals surface area contributed by atoms with E-state index in [9.17, 15) is 13.2 Å². The molecule has 0 saturated carbocycles. The summed E-state index contributed by atoms with van der Waals surface area (Å²) in [6.45, 7) is 1.94. The number of sulfonamides is 1. The van der Waals surface area contributed by atoms with Gasteiger partial charge in [-0.25, -0.2) is 13.1 Å². The smallest absolute Gasteiger partial charge is 0.241 e. The predicted molar refractivity (Wildman–Crippen MR) is 101 cm³/mol. The molecule has 0 spiro atoms. The first-order chi connectivity index (χ1) is 11.9. The molecule has 0 aromatic heterocycles. The number of carbonyl (C=O) groups is 1. The van der Waals surface area contributed by atoms with Crippen molar-refractivity contribution in [1.82, 2.24) is 4.72 Å². The molecule has 0 bridgehead atoms. The number of carbonyl (C=O) groups excluding carboxylic acids is 1. The lowest BCUT2D eigenvalue weighted by atomic mass is 10.0. The molecule has 132 valence electrons. The SMILES string of the molecule is CCC(NS(=O)(=O)c1ccc2c(c1)CCC(=O)N2)c1ccc(Br)cc1. The van der Waals surface area contributed by atoms with E-state index in [0.29, 0.717) is 24.9 Å². The van der Waals surface area contributed by atoms with Gasteiger partial charge in [0.1, 0.15) is 0 Å². The average Bonchev–Trinajstić information content (AvgIpc) is 2.60. The number of nitrogens with one attached hydrogen (secondary N) is 2. The average molecular weight is 423 g/mol. The Kier molecular flexibility index (Phi) is 5.27. The number of rotatable bonds is 5. The van der Waals surface area contributed by atoms with Gasteiger partial charge in [0.05, 0.1) is 4.90 Å². The van der Waals surface area contributed by atoms with Crippen LogP contribution in [0.15, 0.2) is 51.8 Å². The van der Waals surface area contributed by atoms with Gasteiger partial charge in [0.15, 0.2) is 0 Å². The predicted octanol–water partition coefficient (Wildman–Crippen LogP) is 3.76. The van der Waals surface area contributed by atoms with Gasteiger partial charge in [-0.15, -0.1) is 0 Å². The summed E-state index contributed by atoms with van der Waals surface area (Å²) < 4.78 is 29.3. The Morgan fingerprint density at radius 2 is 1.88 bits per heavy atom. The molecule has 3 rings (SSSR count). The highest BCUT2D eigenvalue weighted by Gasteiger charge is 2.23. The number of halogens is 1. The van der Waals surface area contributed by atoms with Gasteiger partial charge in [-0.2, -0.15) is 0 Å². The second kappa shape index (κ2) is 7.27. The largest absolute Gasteiger partial charge is 0.326 e. The zero-order chi connectivity index (χ0) is 18.0. The molecule has 2 aromatic rings. The van der Waals surface area contributed by atoms with E-state index in [-0.39, 0.29) is 16.8 Å². The van der Waals surface area contributed by atoms with E-state index in [2.05, 4.69) is 26.0 Å². The lowest BCUT2D eigenvalue weighted by Crippen LogP contribution is -2.28. The van der Waals surface area contributed by atoms with Crippen LogP contribution in [-0.2, 0) is 21.2 Å². The van der Waals surface area contributed by atoms with Crippen molar-refractivity contribution in [2.45, 2.75) is 37.1 Å². The minimum Gasteiger partial charge on any atom is -0.326 e. The van der Waals surface area contributed by atoms with E-state index in [1.807, 2.05) is 31.2 Å². The van der Waals surface area contributed by atoms with Gasteiger partial charge >= 0.3 is 0 Å². The third-order valence-corrected chi connectivity index (χ3v) is 6.26. The Morgan fingerprint density at radius 3 is 2.56 bits per heavy atom. The van der Waals surface area contributed by atoms with Crippen LogP contribution in [0.1, 0.15) is 36.9 Å². The summed E-state index contributed by atoms with van der Waals surface area (Å²) in [4.78, 5) is 11.6. The standard InChI is InChI=1S/C18H19BrN2O3S/c1-2-16(12-3-6-14(19)7-4-12)21-25(23,24)15-8-9-17-13(11-15)5-10-18(22)20-17/h3-4,6-9,11,16,21H,2,5,10H2,1H3,(H,20,22). The van der Waals surface area contributed by atoms with E-state index in [1.165, 1.54) is 6.07 Å². The number of hydrogen-bond donors (Lipinski definition) is 2. The summed E-state index contributed by atoms with van der Waals surface area (Å²) in [5.41, 5.74) is 2.45. The molecule has 0 radical (unpaired) electrons. The molecule has 1 heterocycles. The van der Waals surface area contributed by atoms with Crippen molar-refractivity contribution in [1.29, 1.82) is 0 Å². The number of anilines is 1. The maximum Gasteiger partial charge on any atom is 0.241 e. The number of hydrogen-bond acceptors (Lipinski definition) is 3. The molecule has 1 amide bonds. The van der Waals surface area contributed by atoms with E-state index in [0.717, 1.165) is 15.6 Å². The first-order valence-corrected chi connectivity index (χ1v) is 10.4. The number of aryl methyl sites for hydroxylation is 1. The van der Waals surface area contributed by atoms with Crippen LogP contribution in [0.3, 0.4) is 0 Å². The summed E-state index contributed by atoms with van der Waals surface area (Å²) in [6, 6.07) is 12.1. The topological polar surface area (TPSA) is 75.3 Å². The lowest BCUT2D eigenvalue weighted by Gasteiger charge is -2.20. The lowest BCUT2D eigenvalue weighted by molar-refractivity contribution is -0.116. The van der Waals surface area contributed by atoms with Gasteiger partial charge in [0.25, 0.3) is 0 Å². The summed E-state index contributed by atoms with van der Waals surface area (Å²) in [6.07, 6.45) is 1.57. The van der Waals surface area contributed by atoms with Gasteiger partial charge in [-0.3, -0.25) is 4.79 Å². The van der Waals surface area contributed by atoms with Crippen LogP contribution < -0.4 is 10.0 Å². The molecule has 0 saturated heterocycles. The van der Waals surface area contributed by atoms with E-state index in [1.54, 1.807) is 12.1 Å². The first kappa shape index (κ1) is 18.1. The molecular weight excluding hydrogens is 404 g/mol. The Morgan fingerprint density at radius 1 is 1.16 bits per heavy atom. The monoisotopic (exact) mass is 422 g/mol. The summed E-state index contributed by atoms with van der Waals surface area (Å²) in [5, 5.41) is 2.76. The van der Waals surface area contributed by atoms with Crippen LogP contribution in [0.25, 0.3) is 0 Å². The zero-order valence-corrected chi connectivity index (χ0v) is 16.2. The molecule has 1 atom stereocenters. The minimum atomic E-state index is -3.65. The highest BCUT2D eigenvalue weighted by atomic mass is 79.9. The highest BCUT2D eigenvalue weighted by Crippen LogP contribution is 2.27. The van der Waals surface area contributed by atoms with E-state index < -0.39 is 10.0 Å². The van der Waals surface area contributed by atoms with E-state index >= 15 is 0 Å². The fourth-order valence-corrected chi connectivity index (χ4v) is 4.49. The fraction of sp³-hybridized carbons (Fsp3) is 0.278. The van der Waals surface area contributed by atoms with E-state index in [4.69, 9.17) is 0 Å². The molecular formula is C18H19BrN2O3S. The molecule has 25 heavy (non-hydrogen) atoms. The Hall–Kier alpha value is -1.70. The third kappa shape index (κ3) is 4.11. The molecule has 1 unspecified atom stereocenters. The van der Waals surface area contributed by atoms with Crippen LogP contribution in [-0.4, -0.2) is 14.3 Å². The van der Waals surface area contributed by atoms with Crippen molar-refractivity contribution in [2.24, 2.45) is 0 Å². The zero-order valence-electron chi connectivity index (χ0n) is 13.8. The molecule has 0 aliphatic carbocycles. The van der Waals surface area contributed by atoms with Gasteiger partial charge in [0.2, 0.25) is 15.9 Å². The third-order valence-electron chi connectivity index (χ3n) is 4.26. The van der Waals surface area contributed by atoms with Gasteiger partial charge < -0.3 is 5.32 Å². The molecule has 5 nitrogen and oxygen atoms in total. The molecule has 0 fully saturated rings. The van der Waals surface area contributed by atoms with Crippen LogP contribution in [0, 0.1) is 0 Å². The van der Waals surface area contributed by atoms with Crippen LogP contribution in [0.5, 0.6) is 0 Å². The quantitative estimate of drug-likeness (QED) is 0.769. The molecule has 2 N–H and O–H groups in total. The number of benzene rings is 2. The summed E-state index contributed by atoms with van der Waals surface area (Å²) in [7, 11) is -3.65. The molecule has 7 heteroatoms. The Balaban J connectivity index is 1.85. The van der Waals surface area contributed by atoms with Crippen molar-refractivity contribution < 1.29 is 13.2 Å². The van der Waals surface area contributed by atoms with Gasteiger partial charge in [-0.1, -0.05) is 35.0 Å². The van der Waals surface area contributed by atoms with Crippen LogP contribution in [0.2, 0.25) is 0 Å². The Labute approximate surface area is 156 Å². The molecule has 2 aromatic carbocycles. The second-order valence-electron chi connectivity index (χ2n) is 6.00. The maximum atomic E-state index is 12.8. The van der Waals surface area contributed by atoms with Crippen molar-refractivity contribution in [3.8, 4) is 0 Å². The second-order valence-corrected chi connectivity index (χ2v) is 8.63. The maximum absolute atomic E-state index is 12.8. The Bertz CT molecular complexity index is 895. The minimum absolute atomic E-state index is 0.0393. The summed E-state index contributed by atoms with van der Waals surface area (Å²) in [5.74, 6) is -0.0393. The van der Waals surface area contributed by atoms with Crippen molar-refractivity contribution in [2.75, 3.05) is 5.32 Å².